The Hall–Kier alpha value is -1.92. The van der Waals surface area contributed by atoms with Gasteiger partial charge in [0.15, 0.2) is 0 Å². The molecule has 2 atom stereocenters. The van der Waals surface area contributed by atoms with Crippen molar-refractivity contribution in [3.8, 4) is 5.75 Å². The van der Waals surface area contributed by atoms with Gasteiger partial charge in [0.05, 0.1) is 19.8 Å². The molecule has 1 fully saturated rings. The van der Waals surface area contributed by atoms with E-state index < -0.39 is 0 Å². The van der Waals surface area contributed by atoms with E-state index in [9.17, 15) is 5.11 Å². The summed E-state index contributed by atoms with van der Waals surface area (Å²) in [4.78, 5) is 6.70. The van der Waals surface area contributed by atoms with Gasteiger partial charge in [-0.2, -0.15) is 5.10 Å². The number of benzene rings is 1. The molecule has 22 heavy (non-hydrogen) atoms. The number of aliphatic hydroxyl groups excluding tert-OH is 1. The van der Waals surface area contributed by atoms with E-state index in [1.807, 2.05) is 25.1 Å². The van der Waals surface area contributed by atoms with Crippen molar-refractivity contribution in [1.29, 1.82) is 0 Å². The zero-order chi connectivity index (χ0) is 15.5. The van der Waals surface area contributed by atoms with Crippen LogP contribution in [0.2, 0.25) is 0 Å². The van der Waals surface area contributed by atoms with Gasteiger partial charge in [0.2, 0.25) is 0 Å². The summed E-state index contributed by atoms with van der Waals surface area (Å²) in [5, 5.41) is 17.2. The minimum Gasteiger partial charge on any atom is -0.497 e. The lowest BCUT2D eigenvalue weighted by molar-refractivity contribution is 0.171. The molecule has 6 heteroatoms. The van der Waals surface area contributed by atoms with Crippen LogP contribution in [0, 0.1) is 0 Å². The minimum absolute atomic E-state index is 0.167. The summed E-state index contributed by atoms with van der Waals surface area (Å²) in [6, 6.07) is 8.20. The lowest BCUT2D eigenvalue weighted by atomic mass is 10.0. The topological polar surface area (TPSA) is 74.3 Å². The number of rotatable bonds is 5. The number of nitrogens with zero attached hydrogens (tertiary/aromatic N) is 3. The molecule has 0 bridgehead atoms. The second-order valence-corrected chi connectivity index (χ2v) is 5.66. The Bertz CT molecular complexity index is 628. The molecule has 2 aromatic rings. The summed E-state index contributed by atoms with van der Waals surface area (Å²) in [6.45, 7) is 3.33. The van der Waals surface area contributed by atoms with E-state index in [1.54, 1.807) is 7.11 Å². The highest BCUT2D eigenvalue weighted by atomic mass is 16.5. The summed E-state index contributed by atoms with van der Waals surface area (Å²) in [7, 11) is 1.67. The van der Waals surface area contributed by atoms with Crippen molar-refractivity contribution in [2.24, 2.45) is 0 Å². The van der Waals surface area contributed by atoms with Crippen molar-refractivity contribution in [2.45, 2.75) is 38.5 Å². The molecule has 2 heterocycles. The van der Waals surface area contributed by atoms with Crippen LogP contribution in [0.1, 0.15) is 36.6 Å². The number of aromatic nitrogens is 3. The van der Waals surface area contributed by atoms with Crippen LogP contribution in [0.25, 0.3) is 0 Å². The Labute approximate surface area is 130 Å². The Kier molecular flexibility index (Phi) is 4.40. The molecule has 118 valence electrons. The number of aliphatic hydroxyl groups is 1. The van der Waals surface area contributed by atoms with Gasteiger partial charge < -0.3 is 9.84 Å². The summed E-state index contributed by atoms with van der Waals surface area (Å²) >= 11 is 0. The molecular weight excluding hydrogens is 280 g/mol. The third-order valence-electron chi connectivity index (χ3n) is 4.11. The normalized spacial score (nSPS) is 22.1. The van der Waals surface area contributed by atoms with Crippen LogP contribution >= 0.6 is 0 Å². The zero-order valence-corrected chi connectivity index (χ0v) is 13.0. The number of aryl methyl sites for hydroxylation is 1. The molecule has 1 aliphatic heterocycles. The molecule has 1 aromatic heterocycles. The number of H-pyrrole nitrogens is 1. The fraction of sp³-hybridized carbons (Fsp3) is 0.500. The number of aromatic amines is 1. The number of likely N-dealkylation sites (tertiary alicyclic amines) is 1. The maximum atomic E-state index is 10.1. The van der Waals surface area contributed by atoms with Crippen LogP contribution in [0.4, 0.5) is 0 Å². The van der Waals surface area contributed by atoms with E-state index in [2.05, 4.69) is 26.1 Å². The van der Waals surface area contributed by atoms with Crippen molar-refractivity contribution in [1.82, 2.24) is 20.1 Å². The van der Waals surface area contributed by atoms with Crippen LogP contribution in [0.15, 0.2) is 24.3 Å². The highest BCUT2D eigenvalue weighted by Crippen LogP contribution is 2.34. The average molecular weight is 302 g/mol. The van der Waals surface area contributed by atoms with E-state index in [-0.39, 0.29) is 12.1 Å². The van der Waals surface area contributed by atoms with Crippen molar-refractivity contribution in [2.75, 3.05) is 13.7 Å². The third-order valence-corrected chi connectivity index (χ3v) is 4.11. The fourth-order valence-corrected chi connectivity index (χ4v) is 3.01. The Morgan fingerprint density at radius 1 is 1.45 bits per heavy atom. The third kappa shape index (κ3) is 3.13. The molecule has 0 amide bonds. The SMILES string of the molecule is CCc1n[nH]c(CN2C[C@@H](O)C[C@@H]2c2cccc(OC)c2)n1. The molecule has 2 N–H and O–H groups in total. The molecule has 6 nitrogen and oxygen atoms in total. The first-order valence-electron chi connectivity index (χ1n) is 7.65. The monoisotopic (exact) mass is 302 g/mol. The smallest absolute Gasteiger partial charge is 0.150 e. The van der Waals surface area contributed by atoms with Gasteiger partial charge in [0.25, 0.3) is 0 Å². The summed E-state index contributed by atoms with van der Waals surface area (Å²) in [5.41, 5.74) is 1.16. The van der Waals surface area contributed by atoms with Gasteiger partial charge in [0, 0.05) is 19.0 Å². The first kappa shape index (κ1) is 15.0. The number of β-amino-alcohol motifs (C(OH)–C–C–N with tert-alkyl or cyclic N) is 1. The molecule has 0 spiro atoms. The summed E-state index contributed by atoms with van der Waals surface area (Å²) in [5.74, 6) is 2.51. The lowest BCUT2D eigenvalue weighted by Crippen LogP contribution is -2.25. The number of hydrogen-bond acceptors (Lipinski definition) is 5. The lowest BCUT2D eigenvalue weighted by Gasteiger charge is -2.23. The van der Waals surface area contributed by atoms with Crippen LogP contribution < -0.4 is 4.74 Å². The number of ether oxygens (including phenoxy) is 1. The van der Waals surface area contributed by atoms with E-state index >= 15 is 0 Å². The first-order valence-corrected chi connectivity index (χ1v) is 7.65. The quantitative estimate of drug-likeness (QED) is 0.879. The molecule has 1 saturated heterocycles. The van der Waals surface area contributed by atoms with Crippen molar-refractivity contribution >= 4 is 0 Å². The molecule has 0 radical (unpaired) electrons. The van der Waals surface area contributed by atoms with Gasteiger partial charge in [-0.25, -0.2) is 4.98 Å². The highest BCUT2D eigenvalue weighted by molar-refractivity contribution is 5.31. The maximum Gasteiger partial charge on any atom is 0.150 e. The Morgan fingerprint density at radius 2 is 2.32 bits per heavy atom. The highest BCUT2D eigenvalue weighted by Gasteiger charge is 2.32. The molecular formula is C16H22N4O2. The average Bonchev–Trinajstić information content (AvgIpc) is 3.14. The number of hydrogen-bond donors (Lipinski definition) is 2. The summed E-state index contributed by atoms with van der Waals surface area (Å²) < 4.78 is 5.30. The first-order chi connectivity index (χ1) is 10.7. The van der Waals surface area contributed by atoms with E-state index in [4.69, 9.17) is 4.74 Å². The van der Waals surface area contributed by atoms with Gasteiger partial charge in [-0.3, -0.25) is 10.00 Å². The molecule has 0 unspecified atom stereocenters. The second-order valence-electron chi connectivity index (χ2n) is 5.66. The Morgan fingerprint density at radius 3 is 3.05 bits per heavy atom. The van der Waals surface area contributed by atoms with Crippen molar-refractivity contribution in [3.05, 3.63) is 41.5 Å². The predicted molar refractivity (Wildman–Crippen MR) is 82.5 cm³/mol. The van der Waals surface area contributed by atoms with Crippen LogP contribution in [0.3, 0.4) is 0 Å². The minimum atomic E-state index is -0.315. The largest absolute Gasteiger partial charge is 0.497 e. The van der Waals surface area contributed by atoms with Crippen molar-refractivity contribution in [3.63, 3.8) is 0 Å². The van der Waals surface area contributed by atoms with E-state index in [0.29, 0.717) is 13.1 Å². The number of nitrogens with one attached hydrogen (secondary N) is 1. The van der Waals surface area contributed by atoms with Gasteiger partial charge in [-0.15, -0.1) is 0 Å². The van der Waals surface area contributed by atoms with Gasteiger partial charge in [-0.1, -0.05) is 19.1 Å². The van der Waals surface area contributed by atoms with Gasteiger partial charge in [0.1, 0.15) is 17.4 Å². The molecule has 0 saturated carbocycles. The second kappa shape index (κ2) is 6.46. The zero-order valence-electron chi connectivity index (χ0n) is 13.0. The van der Waals surface area contributed by atoms with Crippen LogP contribution in [0.5, 0.6) is 5.75 Å². The van der Waals surface area contributed by atoms with Gasteiger partial charge in [-0.05, 0) is 24.1 Å². The maximum absolute atomic E-state index is 10.1. The molecule has 1 aliphatic rings. The standard InChI is InChI=1S/C16H22N4O2/c1-3-15-17-16(19-18-15)10-20-9-12(21)8-14(20)11-5-4-6-13(7-11)22-2/h4-7,12,14,21H,3,8-10H2,1-2H3,(H,17,18,19)/t12-,14+/m0/s1. The fourth-order valence-electron chi connectivity index (χ4n) is 3.01. The summed E-state index contributed by atoms with van der Waals surface area (Å²) in [6.07, 6.45) is 1.23. The van der Waals surface area contributed by atoms with Crippen molar-refractivity contribution < 1.29 is 9.84 Å². The van der Waals surface area contributed by atoms with Crippen LogP contribution in [-0.2, 0) is 13.0 Å². The molecule has 1 aromatic carbocycles. The predicted octanol–water partition coefficient (Wildman–Crippen LogP) is 1.68. The molecule has 0 aliphatic carbocycles. The van der Waals surface area contributed by atoms with Crippen LogP contribution in [-0.4, -0.2) is 44.9 Å². The molecule has 3 rings (SSSR count). The Balaban J connectivity index is 1.79. The van der Waals surface area contributed by atoms with Gasteiger partial charge >= 0.3 is 0 Å². The van der Waals surface area contributed by atoms with E-state index in [1.165, 1.54) is 0 Å². The van der Waals surface area contributed by atoms with E-state index in [0.717, 1.165) is 35.8 Å². The number of methoxy groups -OCH3 is 1.